The van der Waals surface area contributed by atoms with Gasteiger partial charge in [-0.1, -0.05) is 6.92 Å². The Labute approximate surface area is 124 Å². The van der Waals surface area contributed by atoms with Gasteiger partial charge in [-0.15, -0.1) is 0 Å². The highest BCUT2D eigenvalue weighted by molar-refractivity contribution is 14.1. The molecule has 0 bridgehead atoms. The van der Waals surface area contributed by atoms with E-state index in [-0.39, 0.29) is 5.69 Å². The summed E-state index contributed by atoms with van der Waals surface area (Å²) in [7, 11) is 0. The molecule has 0 aliphatic rings. The third-order valence-corrected chi connectivity index (χ3v) is 3.17. The van der Waals surface area contributed by atoms with E-state index in [0.29, 0.717) is 12.1 Å². The van der Waals surface area contributed by atoms with E-state index in [1.807, 2.05) is 29.5 Å². The zero-order valence-corrected chi connectivity index (χ0v) is 12.6. The van der Waals surface area contributed by atoms with Crippen LogP contribution in [0.3, 0.4) is 0 Å². The number of aromatic nitrogens is 2. The van der Waals surface area contributed by atoms with Gasteiger partial charge in [0.2, 0.25) is 0 Å². The van der Waals surface area contributed by atoms with Crippen molar-refractivity contribution >= 4 is 22.6 Å². The van der Waals surface area contributed by atoms with E-state index in [1.165, 1.54) is 16.8 Å². The van der Waals surface area contributed by atoms with E-state index in [9.17, 15) is 8.78 Å². The van der Waals surface area contributed by atoms with Crippen LogP contribution in [0.2, 0.25) is 0 Å². The van der Waals surface area contributed by atoms with E-state index >= 15 is 0 Å². The van der Waals surface area contributed by atoms with Crippen molar-refractivity contribution < 1.29 is 8.78 Å². The molecule has 2 rings (SSSR count). The second-order valence-electron chi connectivity index (χ2n) is 4.19. The van der Waals surface area contributed by atoms with E-state index < -0.39 is 11.6 Å². The molecular weight excluding hydrogens is 363 g/mol. The molecule has 0 saturated carbocycles. The molecule has 6 heteroatoms. The molecule has 1 aromatic heterocycles. The van der Waals surface area contributed by atoms with Gasteiger partial charge in [-0.2, -0.15) is 5.10 Å². The Balaban J connectivity index is 2.27. The van der Waals surface area contributed by atoms with Crippen LogP contribution < -0.4 is 5.32 Å². The first-order chi connectivity index (χ1) is 9.11. The zero-order chi connectivity index (χ0) is 13.8. The molecule has 0 aliphatic heterocycles. The van der Waals surface area contributed by atoms with Crippen LogP contribution in [0, 0.1) is 15.2 Å². The minimum atomic E-state index is -0.604. The molecule has 0 unspecified atom stereocenters. The van der Waals surface area contributed by atoms with Crippen LogP contribution in [0.25, 0.3) is 5.69 Å². The van der Waals surface area contributed by atoms with Crippen LogP contribution in [0.4, 0.5) is 8.78 Å². The second kappa shape index (κ2) is 6.42. The highest BCUT2D eigenvalue weighted by atomic mass is 127. The summed E-state index contributed by atoms with van der Waals surface area (Å²) in [6.45, 7) is 3.32. The van der Waals surface area contributed by atoms with Crippen molar-refractivity contribution in [2.24, 2.45) is 0 Å². The first-order valence-electron chi connectivity index (χ1n) is 6.01. The Morgan fingerprint density at radius 2 is 2.00 bits per heavy atom. The molecule has 1 aromatic carbocycles. The Kier molecular flexibility index (Phi) is 4.87. The molecule has 0 aliphatic carbocycles. The summed E-state index contributed by atoms with van der Waals surface area (Å²) in [4.78, 5) is 0. The maximum absolute atomic E-state index is 14.0. The van der Waals surface area contributed by atoms with Gasteiger partial charge >= 0.3 is 0 Å². The molecule has 0 saturated heterocycles. The third kappa shape index (κ3) is 3.50. The monoisotopic (exact) mass is 377 g/mol. The summed E-state index contributed by atoms with van der Waals surface area (Å²) >= 11 is 2.04. The van der Waals surface area contributed by atoms with Crippen molar-refractivity contribution in [3.63, 3.8) is 0 Å². The molecule has 0 spiro atoms. The lowest BCUT2D eigenvalue weighted by Gasteiger charge is -2.09. The fourth-order valence-electron chi connectivity index (χ4n) is 1.77. The van der Waals surface area contributed by atoms with E-state index in [1.54, 1.807) is 12.4 Å². The van der Waals surface area contributed by atoms with Crippen LogP contribution in [0.1, 0.15) is 18.9 Å². The quantitative estimate of drug-likeness (QED) is 0.641. The van der Waals surface area contributed by atoms with Gasteiger partial charge in [0.05, 0.1) is 9.77 Å². The molecule has 1 heterocycles. The van der Waals surface area contributed by atoms with E-state index in [4.69, 9.17) is 0 Å². The number of halogens is 3. The van der Waals surface area contributed by atoms with Gasteiger partial charge in [0.15, 0.2) is 11.6 Å². The molecule has 0 radical (unpaired) electrons. The second-order valence-corrected chi connectivity index (χ2v) is 5.43. The summed E-state index contributed by atoms with van der Waals surface area (Å²) in [5.74, 6) is -1.21. The Hall–Kier alpha value is -1.02. The van der Waals surface area contributed by atoms with Gasteiger partial charge in [-0.3, -0.25) is 0 Å². The highest BCUT2D eigenvalue weighted by Gasteiger charge is 2.14. The maximum atomic E-state index is 14.0. The minimum absolute atomic E-state index is 0.137. The van der Waals surface area contributed by atoms with Crippen molar-refractivity contribution in [1.29, 1.82) is 0 Å². The zero-order valence-electron chi connectivity index (χ0n) is 10.5. The summed E-state index contributed by atoms with van der Waals surface area (Å²) in [6, 6.07) is 2.69. The molecule has 0 amide bonds. The van der Waals surface area contributed by atoms with Crippen LogP contribution in [-0.2, 0) is 6.54 Å². The largest absolute Gasteiger partial charge is 0.313 e. The average Bonchev–Trinajstić information content (AvgIpc) is 2.75. The molecular formula is C13H14F2IN3. The van der Waals surface area contributed by atoms with Crippen LogP contribution in [0.15, 0.2) is 24.5 Å². The molecule has 2 aromatic rings. The van der Waals surface area contributed by atoms with Crippen molar-refractivity contribution in [3.05, 3.63) is 45.3 Å². The van der Waals surface area contributed by atoms with Gasteiger partial charge in [0, 0.05) is 12.7 Å². The highest BCUT2D eigenvalue weighted by Crippen LogP contribution is 2.20. The predicted octanol–water partition coefficient (Wildman–Crippen LogP) is 3.25. The van der Waals surface area contributed by atoms with Crippen LogP contribution in [0.5, 0.6) is 0 Å². The van der Waals surface area contributed by atoms with Gasteiger partial charge in [-0.05, 0) is 53.3 Å². The van der Waals surface area contributed by atoms with Gasteiger partial charge in [0.1, 0.15) is 5.69 Å². The number of nitrogens with zero attached hydrogens (tertiary/aromatic N) is 2. The number of benzene rings is 1. The van der Waals surface area contributed by atoms with E-state index in [0.717, 1.165) is 16.5 Å². The van der Waals surface area contributed by atoms with Crippen LogP contribution >= 0.6 is 22.6 Å². The standard InChI is InChI=1S/C13H14F2IN3/c1-2-3-17-6-9-4-11(14)13(12(15)5-9)19-8-10(16)7-18-19/h4-5,7-8,17H,2-3,6H2,1H3. The van der Waals surface area contributed by atoms with Crippen molar-refractivity contribution in [2.45, 2.75) is 19.9 Å². The Morgan fingerprint density at radius 3 is 2.53 bits per heavy atom. The maximum Gasteiger partial charge on any atom is 0.152 e. The lowest BCUT2D eigenvalue weighted by molar-refractivity contribution is 0.553. The number of hydrogen-bond acceptors (Lipinski definition) is 2. The van der Waals surface area contributed by atoms with E-state index in [2.05, 4.69) is 10.4 Å². The number of hydrogen-bond donors (Lipinski definition) is 1. The van der Waals surface area contributed by atoms with Crippen LogP contribution in [-0.4, -0.2) is 16.3 Å². The fraction of sp³-hybridized carbons (Fsp3) is 0.308. The van der Waals surface area contributed by atoms with Crippen molar-refractivity contribution in [2.75, 3.05) is 6.54 Å². The van der Waals surface area contributed by atoms with Gasteiger partial charge < -0.3 is 5.32 Å². The summed E-state index contributed by atoms with van der Waals surface area (Å²) < 4.78 is 30.0. The normalized spacial score (nSPS) is 10.9. The number of rotatable bonds is 5. The van der Waals surface area contributed by atoms with Gasteiger partial charge in [-0.25, -0.2) is 13.5 Å². The summed E-state index contributed by atoms with van der Waals surface area (Å²) in [5.41, 5.74) is 0.455. The molecule has 0 atom stereocenters. The molecule has 102 valence electrons. The topological polar surface area (TPSA) is 29.9 Å². The molecule has 19 heavy (non-hydrogen) atoms. The minimum Gasteiger partial charge on any atom is -0.313 e. The summed E-state index contributed by atoms with van der Waals surface area (Å²) in [6.07, 6.45) is 4.11. The SMILES string of the molecule is CCCNCc1cc(F)c(-n2cc(I)cn2)c(F)c1. The lowest BCUT2D eigenvalue weighted by Crippen LogP contribution is -2.14. The molecule has 3 nitrogen and oxygen atoms in total. The number of nitrogens with one attached hydrogen (secondary N) is 1. The first kappa shape index (κ1) is 14.4. The molecule has 0 fully saturated rings. The lowest BCUT2D eigenvalue weighted by atomic mass is 10.2. The average molecular weight is 377 g/mol. The third-order valence-electron chi connectivity index (χ3n) is 2.61. The Morgan fingerprint density at radius 1 is 1.32 bits per heavy atom. The van der Waals surface area contributed by atoms with Crippen molar-refractivity contribution in [3.8, 4) is 5.69 Å². The predicted molar refractivity (Wildman–Crippen MR) is 78.2 cm³/mol. The Bertz CT molecular complexity index is 546. The first-order valence-corrected chi connectivity index (χ1v) is 7.09. The molecule has 1 N–H and O–H groups in total. The fourth-order valence-corrected chi connectivity index (χ4v) is 2.16. The van der Waals surface area contributed by atoms with Gasteiger partial charge in [0.25, 0.3) is 0 Å². The van der Waals surface area contributed by atoms with Crippen molar-refractivity contribution in [1.82, 2.24) is 15.1 Å². The summed E-state index contributed by atoms with van der Waals surface area (Å²) in [5, 5.41) is 7.04. The smallest absolute Gasteiger partial charge is 0.152 e.